The molecule has 0 saturated heterocycles. The van der Waals surface area contributed by atoms with E-state index in [1.807, 2.05) is 32.0 Å². The third-order valence-corrected chi connectivity index (χ3v) is 3.86. The highest BCUT2D eigenvalue weighted by Crippen LogP contribution is 2.22. The van der Waals surface area contributed by atoms with Gasteiger partial charge in [-0.25, -0.2) is 4.79 Å². The van der Waals surface area contributed by atoms with Gasteiger partial charge in [0, 0.05) is 17.1 Å². The minimum absolute atomic E-state index is 0.221. The predicted octanol–water partition coefficient (Wildman–Crippen LogP) is 3.85. The summed E-state index contributed by atoms with van der Waals surface area (Å²) in [7, 11) is 0. The van der Waals surface area contributed by atoms with Crippen molar-refractivity contribution in [2.45, 2.75) is 20.5 Å². The smallest absolute Gasteiger partial charge is 0.342 e. The van der Waals surface area contributed by atoms with Crippen LogP contribution >= 0.6 is 11.6 Å². The van der Waals surface area contributed by atoms with Crippen LogP contribution in [0, 0.1) is 5.92 Å². The van der Waals surface area contributed by atoms with Gasteiger partial charge >= 0.3 is 5.97 Å². The summed E-state index contributed by atoms with van der Waals surface area (Å²) in [5, 5.41) is 3.29. The van der Waals surface area contributed by atoms with Crippen molar-refractivity contribution in [1.82, 2.24) is 5.32 Å². The van der Waals surface area contributed by atoms with Gasteiger partial charge in [-0.15, -0.1) is 0 Å². The van der Waals surface area contributed by atoms with Crippen LogP contribution in [-0.4, -0.2) is 25.0 Å². The van der Waals surface area contributed by atoms with Crippen LogP contribution in [0.4, 0.5) is 0 Å². The molecule has 0 aromatic heterocycles. The Morgan fingerprint density at radius 2 is 1.77 bits per heavy atom. The maximum atomic E-state index is 12.3. The lowest BCUT2D eigenvalue weighted by atomic mass is 10.2. The Morgan fingerprint density at radius 3 is 2.50 bits per heavy atom. The summed E-state index contributed by atoms with van der Waals surface area (Å²) in [6.07, 6.45) is 0. The molecule has 0 heterocycles. The van der Waals surface area contributed by atoms with E-state index in [1.165, 1.54) is 0 Å². The SMILES string of the molecule is CC(C)CNC(=O)COC(=O)c1ccccc1OCc1ccccc1Cl. The van der Waals surface area contributed by atoms with E-state index in [0.717, 1.165) is 5.56 Å². The summed E-state index contributed by atoms with van der Waals surface area (Å²) < 4.78 is 10.8. The Balaban J connectivity index is 1.96. The van der Waals surface area contributed by atoms with Gasteiger partial charge in [0.1, 0.15) is 17.9 Å². The first-order valence-corrected chi connectivity index (χ1v) is 8.74. The fourth-order valence-corrected chi connectivity index (χ4v) is 2.30. The number of benzene rings is 2. The Bertz CT molecular complexity index is 761. The van der Waals surface area contributed by atoms with Gasteiger partial charge in [-0.3, -0.25) is 4.79 Å². The molecule has 138 valence electrons. The molecule has 0 unspecified atom stereocenters. The van der Waals surface area contributed by atoms with Crippen LogP contribution in [0.1, 0.15) is 29.8 Å². The van der Waals surface area contributed by atoms with Crippen LogP contribution in [0.15, 0.2) is 48.5 Å². The zero-order valence-electron chi connectivity index (χ0n) is 14.8. The summed E-state index contributed by atoms with van der Waals surface area (Å²) in [4.78, 5) is 24.0. The molecule has 2 aromatic carbocycles. The number of para-hydroxylation sites is 1. The Labute approximate surface area is 158 Å². The quantitative estimate of drug-likeness (QED) is 0.712. The number of halogens is 1. The molecule has 0 aliphatic carbocycles. The standard InChI is InChI=1S/C20H22ClNO4/c1-14(2)11-22-19(23)13-26-20(24)16-8-4-6-10-18(16)25-12-15-7-3-5-9-17(15)21/h3-10,14H,11-13H2,1-2H3,(H,22,23). The Hall–Kier alpha value is -2.53. The Morgan fingerprint density at radius 1 is 1.08 bits per heavy atom. The predicted molar refractivity (Wildman–Crippen MR) is 100 cm³/mol. The van der Waals surface area contributed by atoms with E-state index in [9.17, 15) is 9.59 Å². The second kappa shape index (κ2) is 9.82. The largest absolute Gasteiger partial charge is 0.488 e. The molecule has 0 aliphatic rings. The second-order valence-corrected chi connectivity index (χ2v) is 6.56. The summed E-state index contributed by atoms with van der Waals surface area (Å²) in [6.45, 7) is 4.40. The first-order valence-electron chi connectivity index (χ1n) is 8.36. The molecule has 0 bridgehead atoms. The van der Waals surface area contributed by atoms with Crippen molar-refractivity contribution in [3.63, 3.8) is 0 Å². The molecule has 26 heavy (non-hydrogen) atoms. The molecular weight excluding hydrogens is 354 g/mol. The number of rotatable bonds is 8. The average molecular weight is 376 g/mol. The number of ether oxygens (including phenoxy) is 2. The highest BCUT2D eigenvalue weighted by molar-refractivity contribution is 6.31. The van der Waals surface area contributed by atoms with Crippen molar-refractivity contribution in [2.75, 3.05) is 13.2 Å². The highest BCUT2D eigenvalue weighted by Gasteiger charge is 2.15. The van der Waals surface area contributed by atoms with E-state index in [-0.39, 0.29) is 24.7 Å². The molecule has 0 fully saturated rings. The maximum absolute atomic E-state index is 12.3. The number of amides is 1. The summed E-state index contributed by atoms with van der Waals surface area (Å²) in [6, 6.07) is 14.1. The fraction of sp³-hybridized carbons (Fsp3) is 0.300. The molecule has 1 amide bonds. The molecule has 0 saturated carbocycles. The molecule has 0 radical (unpaired) electrons. The van der Waals surface area contributed by atoms with Crippen LogP contribution in [0.2, 0.25) is 5.02 Å². The van der Waals surface area contributed by atoms with Crippen molar-refractivity contribution in [3.8, 4) is 5.75 Å². The molecule has 5 nitrogen and oxygen atoms in total. The second-order valence-electron chi connectivity index (χ2n) is 6.15. The van der Waals surface area contributed by atoms with Gasteiger partial charge in [0.2, 0.25) is 0 Å². The van der Waals surface area contributed by atoms with Crippen molar-refractivity contribution in [1.29, 1.82) is 0 Å². The molecule has 1 N–H and O–H groups in total. The van der Waals surface area contributed by atoms with Gasteiger partial charge in [0.25, 0.3) is 5.91 Å². The van der Waals surface area contributed by atoms with Crippen LogP contribution in [-0.2, 0) is 16.1 Å². The van der Waals surface area contributed by atoms with Gasteiger partial charge in [-0.05, 0) is 24.1 Å². The lowest BCUT2D eigenvalue weighted by Gasteiger charge is -2.12. The molecule has 6 heteroatoms. The first kappa shape index (κ1) is 19.8. The van der Waals surface area contributed by atoms with E-state index >= 15 is 0 Å². The summed E-state index contributed by atoms with van der Waals surface area (Å²) >= 11 is 6.11. The summed E-state index contributed by atoms with van der Waals surface area (Å²) in [5.74, 6) is -0.241. The zero-order chi connectivity index (χ0) is 18.9. The molecule has 2 aromatic rings. The first-order chi connectivity index (χ1) is 12.5. The normalized spacial score (nSPS) is 10.5. The average Bonchev–Trinajstić information content (AvgIpc) is 2.64. The molecule has 2 rings (SSSR count). The molecule has 0 aliphatic heterocycles. The minimum atomic E-state index is -0.612. The maximum Gasteiger partial charge on any atom is 0.342 e. The van der Waals surface area contributed by atoms with Crippen molar-refractivity contribution < 1.29 is 19.1 Å². The van der Waals surface area contributed by atoms with Crippen molar-refractivity contribution in [2.24, 2.45) is 5.92 Å². The van der Waals surface area contributed by atoms with E-state index in [2.05, 4.69) is 5.32 Å². The Kier molecular flexibility index (Phi) is 7.48. The van der Waals surface area contributed by atoms with Crippen molar-refractivity contribution >= 4 is 23.5 Å². The highest BCUT2D eigenvalue weighted by atomic mass is 35.5. The third kappa shape index (κ3) is 6.08. The van der Waals surface area contributed by atoms with Gasteiger partial charge < -0.3 is 14.8 Å². The molecule has 0 spiro atoms. The molecule has 0 atom stereocenters. The zero-order valence-corrected chi connectivity index (χ0v) is 15.6. The van der Waals surface area contributed by atoms with Gasteiger partial charge in [-0.1, -0.05) is 55.8 Å². The number of carbonyl (C=O) groups is 2. The third-order valence-electron chi connectivity index (χ3n) is 3.49. The van der Waals surface area contributed by atoms with Crippen LogP contribution < -0.4 is 10.1 Å². The van der Waals surface area contributed by atoms with Crippen LogP contribution in [0.25, 0.3) is 0 Å². The van der Waals surface area contributed by atoms with Crippen molar-refractivity contribution in [3.05, 3.63) is 64.7 Å². The van der Waals surface area contributed by atoms with Gasteiger partial charge in [-0.2, -0.15) is 0 Å². The van der Waals surface area contributed by atoms with E-state index in [0.29, 0.717) is 23.2 Å². The lowest BCUT2D eigenvalue weighted by Crippen LogP contribution is -2.31. The number of nitrogens with one attached hydrogen (secondary N) is 1. The minimum Gasteiger partial charge on any atom is -0.488 e. The summed E-state index contributed by atoms with van der Waals surface area (Å²) in [5.41, 5.74) is 1.07. The van der Waals surface area contributed by atoms with Crippen LogP contribution in [0.5, 0.6) is 5.75 Å². The number of hydrogen-bond donors (Lipinski definition) is 1. The van der Waals surface area contributed by atoms with E-state index in [1.54, 1.807) is 30.3 Å². The van der Waals surface area contributed by atoms with Crippen LogP contribution in [0.3, 0.4) is 0 Å². The monoisotopic (exact) mass is 375 g/mol. The van der Waals surface area contributed by atoms with Gasteiger partial charge in [0.15, 0.2) is 6.61 Å². The number of hydrogen-bond acceptors (Lipinski definition) is 4. The van der Waals surface area contributed by atoms with Gasteiger partial charge in [0.05, 0.1) is 0 Å². The lowest BCUT2D eigenvalue weighted by molar-refractivity contribution is -0.124. The topological polar surface area (TPSA) is 64.6 Å². The number of esters is 1. The fourth-order valence-electron chi connectivity index (χ4n) is 2.11. The number of carbonyl (C=O) groups excluding carboxylic acids is 2. The van der Waals surface area contributed by atoms with E-state index in [4.69, 9.17) is 21.1 Å². The molecular formula is C20H22ClNO4. The van der Waals surface area contributed by atoms with E-state index < -0.39 is 5.97 Å².